The molecule has 4 nitrogen and oxygen atoms in total. The molecule has 1 aromatic heterocycles. The van der Waals surface area contributed by atoms with E-state index >= 15 is 0 Å². The van der Waals surface area contributed by atoms with Gasteiger partial charge < -0.3 is 15.5 Å². The van der Waals surface area contributed by atoms with E-state index < -0.39 is 0 Å². The highest BCUT2D eigenvalue weighted by Crippen LogP contribution is 2.24. The SMILES string of the molecule is N=C(/C=C/c1ccccn1)c1ccc(I)cc1NC1CCCCO1. The molecule has 1 aliphatic rings. The van der Waals surface area contributed by atoms with E-state index in [1.54, 1.807) is 12.3 Å². The van der Waals surface area contributed by atoms with Crippen molar-refractivity contribution in [2.24, 2.45) is 0 Å². The molecular weight excluding hydrogens is 413 g/mol. The number of ether oxygens (including phenoxy) is 1. The maximum atomic E-state index is 8.41. The minimum absolute atomic E-state index is 0.0308. The van der Waals surface area contributed by atoms with Crippen LogP contribution in [0.1, 0.15) is 30.5 Å². The summed E-state index contributed by atoms with van der Waals surface area (Å²) in [4.78, 5) is 4.25. The lowest BCUT2D eigenvalue weighted by atomic mass is 10.1. The van der Waals surface area contributed by atoms with Crippen LogP contribution in [0.5, 0.6) is 0 Å². The number of rotatable bonds is 5. The average Bonchev–Trinajstić information content (AvgIpc) is 2.62. The molecule has 2 heterocycles. The molecule has 24 heavy (non-hydrogen) atoms. The Morgan fingerprint density at radius 2 is 2.21 bits per heavy atom. The number of hydrogen-bond acceptors (Lipinski definition) is 4. The van der Waals surface area contributed by atoms with Crippen LogP contribution in [0, 0.1) is 8.98 Å². The second-order valence-electron chi connectivity index (χ2n) is 5.69. The molecule has 124 valence electrons. The Labute approximate surface area is 156 Å². The molecule has 0 spiro atoms. The fourth-order valence-corrected chi connectivity index (χ4v) is 3.12. The summed E-state index contributed by atoms with van der Waals surface area (Å²) in [6.45, 7) is 0.800. The Kier molecular flexibility index (Phi) is 5.98. The van der Waals surface area contributed by atoms with Crippen LogP contribution in [0.4, 0.5) is 5.69 Å². The standard InChI is InChI=1S/C19H20IN3O/c20-14-7-9-16(17(21)10-8-15-5-1-3-11-22-15)18(13-14)23-19-6-2-4-12-24-19/h1,3,5,7-11,13,19,21,23H,2,4,6,12H2/b10-8+,21-17?. The van der Waals surface area contributed by atoms with Gasteiger partial charge in [0.2, 0.25) is 0 Å². The van der Waals surface area contributed by atoms with Crippen LogP contribution in [0.25, 0.3) is 6.08 Å². The maximum Gasteiger partial charge on any atom is 0.127 e. The first kappa shape index (κ1) is 17.1. The van der Waals surface area contributed by atoms with E-state index in [0.29, 0.717) is 5.71 Å². The zero-order chi connectivity index (χ0) is 16.8. The second-order valence-corrected chi connectivity index (χ2v) is 6.94. The minimum atomic E-state index is 0.0308. The molecule has 2 N–H and O–H groups in total. The quantitative estimate of drug-likeness (QED) is 0.531. The van der Waals surface area contributed by atoms with Crippen molar-refractivity contribution in [3.63, 3.8) is 0 Å². The lowest BCUT2D eigenvalue weighted by Gasteiger charge is -2.25. The Bertz CT molecular complexity index is 725. The van der Waals surface area contributed by atoms with Gasteiger partial charge in [-0.3, -0.25) is 4.98 Å². The van der Waals surface area contributed by atoms with Crippen LogP contribution in [0.15, 0.2) is 48.7 Å². The summed E-state index contributed by atoms with van der Waals surface area (Å²) in [6, 6.07) is 11.8. The number of nitrogens with one attached hydrogen (secondary N) is 2. The lowest BCUT2D eigenvalue weighted by Crippen LogP contribution is -2.28. The van der Waals surface area contributed by atoms with Gasteiger partial charge in [0.25, 0.3) is 0 Å². The molecule has 2 aromatic rings. The van der Waals surface area contributed by atoms with Gasteiger partial charge in [-0.25, -0.2) is 0 Å². The Morgan fingerprint density at radius 3 is 2.96 bits per heavy atom. The van der Waals surface area contributed by atoms with E-state index in [2.05, 4.69) is 39.0 Å². The fraction of sp³-hybridized carbons (Fsp3) is 0.263. The van der Waals surface area contributed by atoms with Crippen LogP contribution in [0.3, 0.4) is 0 Å². The van der Waals surface area contributed by atoms with Crippen molar-refractivity contribution in [1.29, 1.82) is 5.41 Å². The van der Waals surface area contributed by atoms with Crippen molar-refractivity contribution in [1.82, 2.24) is 4.98 Å². The Hall–Kier alpha value is -1.73. The Morgan fingerprint density at radius 1 is 1.29 bits per heavy atom. The number of halogens is 1. The largest absolute Gasteiger partial charge is 0.360 e. The molecular formula is C19H20IN3O. The maximum absolute atomic E-state index is 8.41. The van der Waals surface area contributed by atoms with Gasteiger partial charge in [-0.1, -0.05) is 6.07 Å². The van der Waals surface area contributed by atoms with E-state index in [1.807, 2.05) is 36.4 Å². The van der Waals surface area contributed by atoms with Crippen molar-refractivity contribution in [2.75, 3.05) is 11.9 Å². The van der Waals surface area contributed by atoms with Gasteiger partial charge in [0, 0.05) is 27.6 Å². The highest BCUT2D eigenvalue weighted by molar-refractivity contribution is 14.1. The van der Waals surface area contributed by atoms with Gasteiger partial charge in [0.05, 0.1) is 11.4 Å². The monoisotopic (exact) mass is 433 g/mol. The molecule has 1 saturated heterocycles. The number of pyridine rings is 1. The molecule has 1 fully saturated rings. The first-order valence-corrected chi connectivity index (χ1v) is 9.16. The average molecular weight is 433 g/mol. The van der Waals surface area contributed by atoms with E-state index in [0.717, 1.165) is 40.0 Å². The fourth-order valence-electron chi connectivity index (χ4n) is 2.63. The summed E-state index contributed by atoms with van der Waals surface area (Å²) >= 11 is 2.29. The smallest absolute Gasteiger partial charge is 0.127 e. The number of nitrogens with zero attached hydrogens (tertiary/aromatic N) is 1. The first-order valence-electron chi connectivity index (χ1n) is 8.08. The zero-order valence-electron chi connectivity index (χ0n) is 13.3. The van der Waals surface area contributed by atoms with Crippen LogP contribution in [0.2, 0.25) is 0 Å². The zero-order valence-corrected chi connectivity index (χ0v) is 15.5. The Balaban J connectivity index is 1.78. The molecule has 1 aliphatic heterocycles. The van der Waals surface area contributed by atoms with Gasteiger partial charge in [-0.05, 0) is 84.3 Å². The van der Waals surface area contributed by atoms with E-state index in [4.69, 9.17) is 10.1 Å². The lowest BCUT2D eigenvalue weighted by molar-refractivity contribution is 0.0343. The van der Waals surface area contributed by atoms with Crippen molar-refractivity contribution in [2.45, 2.75) is 25.5 Å². The van der Waals surface area contributed by atoms with Crippen molar-refractivity contribution >= 4 is 40.1 Å². The molecule has 0 radical (unpaired) electrons. The molecule has 0 amide bonds. The summed E-state index contributed by atoms with van der Waals surface area (Å²) in [5.41, 5.74) is 3.12. The number of benzene rings is 1. The highest BCUT2D eigenvalue weighted by Gasteiger charge is 2.16. The number of aromatic nitrogens is 1. The first-order chi connectivity index (χ1) is 11.7. The number of allylic oxidation sites excluding steroid dienone is 1. The summed E-state index contributed by atoms with van der Waals surface area (Å²) in [5, 5.41) is 11.9. The minimum Gasteiger partial charge on any atom is -0.360 e. The third kappa shape index (κ3) is 4.64. The summed E-state index contributed by atoms with van der Waals surface area (Å²) in [6.07, 6.45) is 8.74. The molecule has 0 aliphatic carbocycles. The van der Waals surface area contributed by atoms with Gasteiger partial charge in [-0.15, -0.1) is 0 Å². The van der Waals surface area contributed by atoms with Crippen molar-refractivity contribution in [3.8, 4) is 0 Å². The van der Waals surface area contributed by atoms with Gasteiger partial charge in [0.15, 0.2) is 0 Å². The summed E-state index contributed by atoms with van der Waals surface area (Å²) in [5.74, 6) is 0. The second kappa shape index (κ2) is 8.39. The molecule has 3 rings (SSSR count). The molecule has 1 aromatic carbocycles. The van der Waals surface area contributed by atoms with Crippen LogP contribution in [-0.2, 0) is 4.74 Å². The van der Waals surface area contributed by atoms with Crippen molar-refractivity contribution in [3.05, 3.63) is 63.5 Å². The molecule has 0 bridgehead atoms. The molecule has 1 unspecified atom stereocenters. The van der Waals surface area contributed by atoms with Crippen LogP contribution >= 0.6 is 22.6 Å². The summed E-state index contributed by atoms with van der Waals surface area (Å²) in [7, 11) is 0. The van der Waals surface area contributed by atoms with Gasteiger partial charge >= 0.3 is 0 Å². The molecule has 0 saturated carbocycles. The number of anilines is 1. The van der Waals surface area contributed by atoms with E-state index in [9.17, 15) is 0 Å². The van der Waals surface area contributed by atoms with Gasteiger partial charge in [0.1, 0.15) is 6.23 Å². The predicted octanol–water partition coefficient (Wildman–Crippen LogP) is 4.71. The topological polar surface area (TPSA) is 58.0 Å². The summed E-state index contributed by atoms with van der Waals surface area (Å²) < 4.78 is 6.91. The third-order valence-corrected chi connectivity index (χ3v) is 4.55. The number of hydrogen-bond donors (Lipinski definition) is 2. The third-order valence-electron chi connectivity index (χ3n) is 3.88. The normalized spacial score (nSPS) is 17.8. The van der Waals surface area contributed by atoms with Crippen LogP contribution in [-0.4, -0.2) is 23.5 Å². The highest BCUT2D eigenvalue weighted by atomic mass is 127. The predicted molar refractivity (Wildman–Crippen MR) is 106 cm³/mol. The van der Waals surface area contributed by atoms with Crippen molar-refractivity contribution < 1.29 is 4.74 Å². The molecule has 1 atom stereocenters. The van der Waals surface area contributed by atoms with E-state index in [-0.39, 0.29) is 6.23 Å². The van der Waals surface area contributed by atoms with Gasteiger partial charge in [-0.2, -0.15) is 0 Å². The van der Waals surface area contributed by atoms with E-state index in [1.165, 1.54) is 6.42 Å². The van der Waals surface area contributed by atoms with Crippen LogP contribution < -0.4 is 5.32 Å². The molecule has 5 heteroatoms.